The summed E-state index contributed by atoms with van der Waals surface area (Å²) in [6.45, 7) is 0.392. The van der Waals surface area contributed by atoms with Crippen LogP contribution in [0.3, 0.4) is 0 Å². The molecule has 0 saturated carbocycles. The summed E-state index contributed by atoms with van der Waals surface area (Å²) in [5.41, 5.74) is 2.62. The quantitative estimate of drug-likeness (QED) is 0.721. The third-order valence-electron chi connectivity index (χ3n) is 3.46. The molecular weight excluding hydrogens is 346 g/mol. The van der Waals surface area contributed by atoms with Crippen molar-refractivity contribution in [1.82, 2.24) is 4.98 Å². The average Bonchev–Trinajstić information content (AvgIpc) is 2.99. The predicted octanol–water partition coefficient (Wildman–Crippen LogP) is 4.01. The van der Waals surface area contributed by atoms with Crippen LogP contribution >= 0.6 is 15.9 Å². The number of ether oxygens (including phenoxy) is 2. The van der Waals surface area contributed by atoms with E-state index in [0.717, 1.165) is 26.6 Å². The topological polar surface area (TPSA) is 54.5 Å². The fourth-order valence-corrected chi connectivity index (χ4v) is 2.89. The zero-order valence-electron chi connectivity index (χ0n) is 12.1. The fraction of sp³-hybridized carbons (Fsp3) is 0.176. The van der Waals surface area contributed by atoms with E-state index >= 15 is 0 Å². The van der Waals surface area contributed by atoms with Crippen LogP contribution in [0.2, 0.25) is 0 Å². The Bertz CT molecular complexity index is 783. The second kappa shape index (κ2) is 6.42. The van der Waals surface area contributed by atoms with Gasteiger partial charge < -0.3 is 19.6 Å². The molecule has 0 spiro atoms. The summed E-state index contributed by atoms with van der Waals surface area (Å²) in [6.07, 6.45) is 0. The van der Waals surface area contributed by atoms with Crippen molar-refractivity contribution in [2.75, 3.05) is 7.11 Å². The number of hydrogen-bond acceptors (Lipinski definition) is 3. The summed E-state index contributed by atoms with van der Waals surface area (Å²) >= 11 is 3.52. The standard InChI is InChI=1S/C17H16BrNO3/c1-21-15-8-14(18)13-7-12(9-20)19-16(13)17(15)22-10-11-5-3-2-4-6-11/h2-8,19-20H,9-10H2,1H3. The van der Waals surface area contributed by atoms with Gasteiger partial charge in [0, 0.05) is 15.6 Å². The monoisotopic (exact) mass is 361 g/mol. The van der Waals surface area contributed by atoms with Crippen LogP contribution < -0.4 is 9.47 Å². The van der Waals surface area contributed by atoms with Gasteiger partial charge in [-0.1, -0.05) is 30.3 Å². The summed E-state index contributed by atoms with van der Waals surface area (Å²) in [5, 5.41) is 10.3. The van der Waals surface area contributed by atoms with Gasteiger partial charge in [-0.05, 0) is 33.6 Å². The highest BCUT2D eigenvalue weighted by molar-refractivity contribution is 9.10. The van der Waals surface area contributed by atoms with Crippen molar-refractivity contribution in [2.24, 2.45) is 0 Å². The lowest BCUT2D eigenvalue weighted by molar-refractivity contribution is 0.277. The second-order valence-electron chi connectivity index (χ2n) is 4.91. The number of H-pyrrole nitrogens is 1. The number of aliphatic hydroxyl groups is 1. The highest BCUT2D eigenvalue weighted by Crippen LogP contribution is 2.40. The third-order valence-corrected chi connectivity index (χ3v) is 4.11. The molecule has 1 aromatic heterocycles. The Kier molecular flexibility index (Phi) is 4.36. The molecule has 0 saturated heterocycles. The van der Waals surface area contributed by atoms with Gasteiger partial charge in [0.2, 0.25) is 0 Å². The van der Waals surface area contributed by atoms with Crippen molar-refractivity contribution in [3.63, 3.8) is 0 Å². The minimum atomic E-state index is -0.0540. The van der Waals surface area contributed by atoms with E-state index in [1.165, 1.54) is 0 Å². The van der Waals surface area contributed by atoms with Crippen LogP contribution in [0, 0.1) is 0 Å². The zero-order valence-corrected chi connectivity index (χ0v) is 13.7. The van der Waals surface area contributed by atoms with Gasteiger partial charge in [-0.15, -0.1) is 0 Å². The average molecular weight is 362 g/mol. The molecule has 2 aromatic carbocycles. The molecule has 0 aliphatic heterocycles. The molecule has 22 heavy (non-hydrogen) atoms. The zero-order chi connectivity index (χ0) is 15.5. The Morgan fingerprint density at radius 3 is 2.64 bits per heavy atom. The minimum Gasteiger partial charge on any atom is -0.493 e. The Balaban J connectivity index is 2.02. The molecule has 0 radical (unpaired) electrons. The molecule has 0 atom stereocenters. The summed E-state index contributed by atoms with van der Waals surface area (Å²) in [7, 11) is 1.61. The maximum Gasteiger partial charge on any atom is 0.185 e. The first kappa shape index (κ1) is 14.9. The van der Waals surface area contributed by atoms with Crippen molar-refractivity contribution in [2.45, 2.75) is 13.2 Å². The van der Waals surface area contributed by atoms with Crippen molar-refractivity contribution < 1.29 is 14.6 Å². The van der Waals surface area contributed by atoms with E-state index < -0.39 is 0 Å². The van der Waals surface area contributed by atoms with Crippen molar-refractivity contribution in [3.05, 3.63) is 58.2 Å². The summed E-state index contributed by atoms with van der Waals surface area (Å²) in [5.74, 6) is 1.28. The van der Waals surface area contributed by atoms with Gasteiger partial charge >= 0.3 is 0 Å². The van der Waals surface area contributed by atoms with Crippen LogP contribution in [-0.4, -0.2) is 17.2 Å². The number of aliphatic hydroxyl groups excluding tert-OH is 1. The minimum absolute atomic E-state index is 0.0540. The maximum atomic E-state index is 9.34. The van der Waals surface area contributed by atoms with Crippen LogP contribution in [0.1, 0.15) is 11.3 Å². The first-order valence-electron chi connectivity index (χ1n) is 6.88. The Morgan fingerprint density at radius 2 is 1.95 bits per heavy atom. The van der Waals surface area contributed by atoms with E-state index in [0.29, 0.717) is 18.1 Å². The smallest absolute Gasteiger partial charge is 0.185 e. The molecule has 0 bridgehead atoms. The number of fused-ring (bicyclic) bond motifs is 1. The Morgan fingerprint density at radius 1 is 1.18 bits per heavy atom. The highest BCUT2D eigenvalue weighted by atomic mass is 79.9. The molecule has 114 valence electrons. The van der Waals surface area contributed by atoms with Crippen LogP contribution in [-0.2, 0) is 13.2 Å². The number of aromatic nitrogens is 1. The molecular formula is C17H16BrNO3. The highest BCUT2D eigenvalue weighted by Gasteiger charge is 2.16. The normalized spacial score (nSPS) is 10.9. The van der Waals surface area contributed by atoms with Crippen molar-refractivity contribution in [3.8, 4) is 11.5 Å². The number of aromatic amines is 1. The third kappa shape index (κ3) is 2.82. The van der Waals surface area contributed by atoms with Gasteiger partial charge in [0.25, 0.3) is 0 Å². The van der Waals surface area contributed by atoms with Crippen LogP contribution in [0.4, 0.5) is 0 Å². The van der Waals surface area contributed by atoms with Gasteiger partial charge in [-0.3, -0.25) is 0 Å². The molecule has 0 aliphatic rings. The molecule has 1 heterocycles. The number of rotatable bonds is 5. The molecule has 0 fully saturated rings. The molecule has 5 heteroatoms. The Hall–Kier alpha value is -1.98. The van der Waals surface area contributed by atoms with E-state index in [2.05, 4.69) is 20.9 Å². The van der Waals surface area contributed by atoms with E-state index in [1.54, 1.807) is 7.11 Å². The lowest BCUT2D eigenvalue weighted by Gasteiger charge is -2.13. The summed E-state index contributed by atoms with van der Waals surface area (Å²) in [4.78, 5) is 3.18. The number of hydrogen-bond donors (Lipinski definition) is 2. The van der Waals surface area contributed by atoms with Crippen LogP contribution in [0.5, 0.6) is 11.5 Å². The summed E-state index contributed by atoms with van der Waals surface area (Å²) in [6, 6.07) is 13.7. The second-order valence-corrected chi connectivity index (χ2v) is 5.76. The maximum absolute atomic E-state index is 9.34. The number of nitrogens with one attached hydrogen (secondary N) is 1. The van der Waals surface area contributed by atoms with E-state index in [-0.39, 0.29) is 6.61 Å². The van der Waals surface area contributed by atoms with E-state index in [4.69, 9.17) is 9.47 Å². The predicted molar refractivity (Wildman–Crippen MR) is 89.2 cm³/mol. The number of benzene rings is 2. The van der Waals surface area contributed by atoms with E-state index in [1.807, 2.05) is 42.5 Å². The Labute approximate surface area is 136 Å². The van der Waals surface area contributed by atoms with Gasteiger partial charge in [0.15, 0.2) is 11.5 Å². The summed E-state index contributed by atoms with van der Waals surface area (Å²) < 4.78 is 12.3. The van der Waals surface area contributed by atoms with Crippen molar-refractivity contribution >= 4 is 26.8 Å². The molecule has 4 nitrogen and oxygen atoms in total. The van der Waals surface area contributed by atoms with E-state index in [9.17, 15) is 5.11 Å². The molecule has 0 amide bonds. The van der Waals surface area contributed by atoms with Crippen LogP contribution in [0.25, 0.3) is 10.9 Å². The first-order chi connectivity index (χ1) is 10.7. The largest absolute Gasteiger partial charge is 0.493 e. The lowest BCUT2D eigenvalue weighted by atomic mass is 10.2. The van der Waals surface area contributed by atoms with Gasteiger partial charge in [0.1, 0.15) is 6.61 Å². The molecule has 2 N–H and O–H groups in total. The van der Waals surface area contributed by atoms with Crippen LogP contribution in [0.15, 0.2) is 46.9 Å². The van der Waals surface area contributed by atoms with Gasteiger partial charge in [-0.25, -0.2) is 0 Å². The number of halogens is 1. The van der Waals surface area contributed by atoms with Gasteiger partial charge in [0.05, 0.1) is 19.2 Å². The first-order valence-corrected chi connectivity index (χ1v) is 7.68. The van der Waals surface area contributed by atoms with Crippen molar-refractivity contribution in [1.29, 1.82) is 0 Å². The lowest BCUT2D eigenvalue weighted by Crippen LogP contribution is -1.98. The van der Waals surface area contributed by atoms with Gasteiger partial charge in [-0.2, -0.15) is 0 Å². The molecule has 0 unspecified atom stereocenters. The fourth-order valence-electron chi connectivity index (χ4n) is 2.37. The molecule has 0 aliphatic carbocycles. The number of methoxy groups -OCH3 is 1. The SMILES string of the molecule is COc1cc(Br)c2cc(CO)[nH]c2c1OCc1ccccc1. The molecule has 3 aromatic rings. The molecule has 3 rings (SSSR count).